The summed E-state index contributed by atoms with van der Waals surface area (Å²) in [6.07, 6.45) is 3.56. The Kier molecular flexibility index (Phi) is 7.28. The van der Waals surface area contributed by atoms with E-state index in [0.29, 0.717) is 13.1 Å². The van der Waals surface area contributed by atoms with E-state index in [4.69, 9.17) is 0 Å². The SMILES string of the molecule is CN=C(NCC1(c2cccc(Br)c2)CCC1)N1CCS(=O)(=O)C(C)(C)C1.I. The minimum absolute atomic E-state index is 0. The number of hydrogen-bond donors (Lipinski definition) is 1. The lowest BCUT2D eigenvalue weighted by Crippen LogP contribution is -2.58. The maximum absolute atomic E-state index is 12.3. The molecule has 0 bridgehead atoms. The molecule has 27 heavy (non-hydrogen) atoms. The maximum Gasteiger partial charge on any atom is 0.193 e. The Labute approximate surface area is 188 Å². The van der Waals surface area contributed by atoms with Crippen LogP contribution in [0.3, 0.4) is 0 Å². The predicted molar refractivity (Wildman–Crippen MR) is 126 cm³/mol. The molecule has 1 aromatic carbocycles. The fourth-order valence-electron chi connectivity index (χ4n) is 3.89. The van der Waals surface area contributed by atoms with Crippen molar-refractivity contribution >= 4 is 55.7 Å². The van der Waals surface area contributed by atoms with Gasteiger partial charge in [-0.1, -0.05) is 34.5 Å². The lowest BCUT2D eigenvalue weighted by atomic mass is 9.64. The van der Waals surface area contributed by atoms with Gasteiger partial charge in [0.2, 0.25) is 0 Å². The summed E-state index contributed by atoms with van der Waals surface area (Å²) in [6.45, 7) is 5.39. The summed E-state index contributed by atoms with van der Waals surface area (Å²) in [6, 6.07) is 8.55. The third-order valence-corrected chi connectivity index (χ3v) is 8.91. The summed E-state index contributed by atoms with van der Waals surface area (Å²) < 4.78 is 24.9. The number of hydrogen-bond acceptors (Lipinski definition) is 3. The van der Waals surface area contributed by atoms with E-state index in [1.807, 2.05) is 0 Å². The van der Waals surface area contributed by atoms with E-state index in [-0.39, 0.29) is 35.1 Å². The molecule has 1 saturated carbocycles. The molecule has 0 unspecified atom stereocenters. The highest BCUT2D eigenvalue weighted by Crippen LogP contribution is 2.43. The van der Waals surface area contributed by atoms with Crippen molar-refractivity contribution in [2.45, 2.75) is 43.3 Å². The highest BCUT2D eigenvalue weighted by Gasteiger charge is 2.42. The smallest absolute Gasteiger partial charge is 0.193 e. The molecule has 5 nitrogen and oxygen atoms in total. The topological polar surface area (TPSA) is 61.8 Å². The molecule has 0 spiro atoms. The zero-order chi connectivity index (χ0) is 19.0. The Morgan fingerprint density at radius 3 is 2.56 bits per heavy atom. The van der Waals surface area contributed by atoms with Gasteiger partial charge in [-0.25, -0.2) is 8.42 Å². The molecule has 1 N–H and O–H groups in total. The van der Waals surface area contributed by atoms with Crippen LogP contribution in [0.5, 0.6) is 0 Å². The molecule has 2 aliphatic rings. The van der Waals surface area contributed by atoms with Crippen LogP contribution in [0.1, 0.15) is 38.7 Å². The molecule has 3 rings (SSSR count). The largest absolute Gasteiger partial charge is 0.355 e. The normalized spacial score (nSPS) is 23.1. The molecule has 1 heterocycles. The van der Waals surface area contributed by atoms with Gasteiger partial charge in [-0.15, -0.1) is 24.0 Å². The first kappa shape index (κ1) is 22.9. The lowest BCUT2D eigenvalue weighted by Gasteiger charge is -2.44. The van der Waals surface area contributed by atoms with Gasteiger partial charge in [0.1, 0.15) is 0 Å². The van der Waals surface area contributed by atoms with Gasteiger partial charge in [0.05, 0.1) is 10.5 Å². The summed E-state index contributed by atoms with van der Waals surface area (Å²) in [5.41, 5.74) is 1.49. The van der Waals surface area contributed by atoms with E-state index in [1.165, 1.54) is 12.0 Å². The number of rotatable bonds is 3. The summed E-state index contributed by atoms with van der Waals surface area (Å²) in [4.78, 5) is 6.50. The van der Waals surface area contributed by atoms with Crippen LogP contribution in [0, 0.1) is 0 Å². The van der Waals surface area contributed by atoms with Gasteiger partial charge in [-0.3, -0.25) is 4.99 Å². The molecule has 152 valence electrons. The highest BCUT2D eigenvalue weighted by atomic mass is 127. The Hall–Kier alpha value is -0.350. The van der Waals surface area contributed by atoms with Crippen LogP contribution in [-0.2, 0) is 15.3 Å². The average Bonchev–Trinajstić information content (AvgIpc) is 2.53. The first-order chi connectivity index (χ1) is 12.2. The Balaban J connectivity index is 0.00000261. The van der Waals surface area contributed by atoms with Gasteiger partial charge in [0.15, 0.2) is 15.8 Å². The molecule has 8 heteroatoms. The molecular formula is C19H29BrIN3O2S. The number of sulfone groups is 1. The average molecular weight is 570 g/mol. The van der Waals surface area contributed by atoms with Crippen LogP contribution in [0.4, 0.5) is 0 Å². The number of benzene rings is 1. The zero-order valence-corrected chi connectivity index (χ0v) is 20.9. The standard InChI is InChI=1S/C19H28BrN3O2S.HI/c1-18(2)14-23(10-11-26(18,24)25)17(21-3)22-13-19(8-5-9-19)15-6-4-7-16(20)12-15;/h4,6-7,12H,5,8-11,13-14H2,1-3H3,(H,21,22);1H. The Morgan fingerprint density at radius 2 is 2.04 bits per heavy atom. The number of halogens is 2. The zero-order valence-electron chi connectivity index (χ0n) is 16.2. The van der Waals surface area contributed by atoms with Gasteiger partial charge in [-0.2, -0.15) is 0 Å². The Morgan fingerprint density at radius 1 is 1.33 bits per heavy atom. The van der Waals surface area contributed by atoms with Crippen LogP contribution in [0.15, 0.2) is 33.7 Å². The molecule has 0 radical (unpaired) electrons. The van der Waals surface area contributed by atoms with Crippen LogP contribution < -0.4 is 5.32 Å². The second kappa shape index (κ2) is 8.57. The van der Waals surface area contributed by atoms with Crippen molar-refractivity contribution < 1.29 is 8.42 Å². The van der Waals surface area contributed by atoms with Gasteiger partial charge in [0.25, 0.3) is 0 Å². The van der Waals surface area contributed by atoms with Crippen molar-refractivity contribution in [3.8, 4) is 0 Å². The molecule has 0 atom stereocenters. The van der Waals surface area contributed by atoms with E-state index in [1.54, 1.807) is 20.9 Å². The number of guanidine groups is 1. The lowest BCUT2D eigenvalue weighted by molar-refractivity contribution is 0.239. The number of aliphatic imine (C=N–C) groups is 1. The summed E-state index contributed by atoms with van der Waals surface area (Å²) in [5.74, 6) is 0.978. The summed E-state index contributed by atoms with van der Waals surface area (Å²) in [7, 11) is -1.28. The number of nitrogens with one attached hydrogen (secondary N) is 1. The molecule has 0 amide bonds. The summed E-state index contributed by atoms with van der Waals surface area (Å²) >= 11 is 3.58. The van der Waals surface area contributed by atoms with E-state index in [9.17, 15) is 8.42 Å². The maximum atomic E-state index is 12.3. The fourth-order valence-corrected chi connectivity index (χ4v) is 5.66. The second-order valence-electron chi connectivity index (χ2n) is 8.05. The van der Waals surface area contributed by atoms with E-state index < -0.39 is 14.6 Å². The predicted octanol–water partition coefficient (Wildman–Crippen LogP) is 3.57. The van der Waals surface area contributed by atoms with Gasteiger partial charge >= 0.3 is 0 Å². The molecular weight excluding hydrogens is 541 g/mol. The number of nitrogens with zero attached hydrogens (tertiary/aromatic N) is 2. The fraction of sp³-hybridized carbons (Fsp3) is 0.632. The van der Waals surface area contributed by atoms with Crippen molar-refractivity contribution in [1.82, 2.24) is 10.2 Å². The summed E-state index contributed by atoms with van der Waals surface area (Å²) in [5, 5.41) is 3.53. The van der Waals surface area contributed by atoms with Crippen molar-refractivity contribution in [1.29, 1.82) is 0 Å². The molecule has 1 saturated heterocycles. The third kappa shape index (κ3) is 4.63. The second-order valence-corrected chi connectivity index (χ2v) is 11.7. The molecule has 1 aromatic rings. The Bertz CT molecular complexity index is 807. The van der Waals surface area contributed by atoms with Crippen LogP contribution >= 0.6 is 39.9 Å². The van der Waals surface area contributed by atoms with Crippen molar-refractivity contribution in [2.24, 2.45) is 4.99 Å². The van der Waals surface area contributed by atoms with Crippen LogP contribution in [0.25, 0.3) is 0 Å². The minimum Gasteiger partial charge on any atom is -0.355 e. The van der Waals surface area contributed by atoms with Crippen LogP contribution in [0.2, 0.25) is 0 Å². The van der Waals surface area contributed by atoms with Gasteiger partial charge < -0.3 is 10.2 Å². The molecule has 0 aromatic heterocycles. The van der Waals surface area contributed by atoms with Gasteiger partial charge in [0, 0.05) is 36.6 Å². The third-order valence-electron chi connectivity index (χ3n) is 5.89. The monoisotopic (exact) mass is 569 g/mol. The van der Waals surface area contributed by atoms with E-state index in [2.05, 4.69) is 55.4 Å². The molecule has 2 fully saturated rings. The van der Waals surface area contributed by atoms with E-state index >= 15 is 0 Å². The van der Waals surface area contributed by atoms with Crippen LogP contribution in [-0.4, -0.2) is 56.5 Å². The molecule has 1 aliphatic carbocycles. The molecule has 1 aliphatic heterocycles. The van der Waals surface area contributed by atoms with Crippen molar-refractivity contribution in [3.63, 3.8) is 0 Å². The quantitative estimate of drug-likeness (QED) is 0.343. The van der Waals surface area contributed by atoms with Crippen molar-refractivity contribution in [3.05, 3.63) is 34.3 Å². The minimum atomic E-state index is -3.05. The first-order valence-corrected chi connectivity index (χ1v) is 11.6. The van der Waals surface area contributed by atoms with Gasteiger partial charge in [-0.05, 0) is 44.4 Å². The van der Waals surface area contributed by atoms with Crippen molar-refractivity contribution in [2.75, 3.05) is 32.4 Å². The highest BCUT2D eigenvalue weighted by molar-refractivity contribution is 14.0. The first-order valence-electron chi connectivity index (χ1n) is 9.13. The van der Waals surface area contributed by atoms with E-state index in [0.717, 1.165) is 29.8 Å².